The molecule has 144 valence electrons. The molecule has 2 N–H and O–H groups in total. The normalized spacial score (nSPS) is 9.93. The Labute approximate surface area is 169 Å². The number of fused-ring (bicyclic) bond motifs is 2. The smallest absolute Gasteiger partial charge is 0.337 e. The topological polar surface area (TPSA) is 92.0 Å². The molecule has 0 aliphatic rings. The molecule has 0 aliphatic carbocycles. The molecule has 4 aromatic rings. The van der Waals surface area contributed by atoms with E-state index in [0.717, 1.165) is 15.2 Å². The number of benzene rings is 2. The van der Waals surface area contributed by atoms with Gasteiger partial charge in [-0.2, -0.15) is 0 Å². The Hall–Kier alpha value is -3.19. The van der Waals surface area contributed by atoms with E-state index in [1.54, 1.807) is 30.6 Å². The van der Waals surface area contributed by atoms with E-state index in [1.807, 2.05) is 24.3 Å². The van der Waals surface area contributed by atoms with Crippen LogP contribution >= 0.6 is 15.9 Å². The zero-order chi connectivity index (χ0) is 19.4. The number of aromatic amines is 2. The molecule has 0 spiro atoms. The summed E-state index contributed by atoms with van der Waals surface area (Å²) in [6.45, 7) is 0. The first kappa shape index (κ1) is 21.1. The Kier molecular flexibility index (Phi) is 6.89. The molecule has 4 rings (SSSR count). The van der Waals surface area contributed by atoms with Gasteiger partial charge in [0.05, 0.1) is 12.7 Å². The number of nitrogens with one attached hydrogen (secondary N) is 2. The molecular formula is C21H19BrN2O4. The van der Waals surface area contributed by atoms with Crippen molar-refractivity contribution in [3.8, 4) is 0 Å². The largest absolute Gasteiger partial charge is 0.465 e. The number of H-pyrrole nitrogens is 2. The Morgan fingerprint density at radius 2 is 1.39 bits per heavy atom. The van der Waals surface area contributed by atoms with Crippen LogP contribution in [-0.4, -0.2) is 23.0 Å². The lowest BCUT2D eigenvalue weighted by atomic mass is 10.1. The van der Waals surface area contributed by atoms with Crippen molar-refractivity contribution in [2.45, 2.75) is 7.43 Å². The molecule has 0 saturated heterocycles. The van der Waals surface area contributed by atoms with Crippen LogP contribution in [0.5, 0.6) is 0 Å². The van der Waals surface area contributed by atoms with Crippen LogP contribution in [0.25, 0.3) is 21.5 Å². The summed E-state index contributed by atoms with van der Waals surface area (Å²) in [4.78, 5) is 39.1. The zero-order valence-electron chi connectivity index (χ0n) is 14.3. The van der Waals surface area contributed by atoms with Gasteiger partial charge in [0.15, 0.2) is 0 Å². The van der Waals surface area contributed by atoms with Crippen LogP contribution < -0.4 is 11.1 Å². The van der Waals surface area contributed by atoms with Crippen molar-refractivity contribution >= 4 is 43.4 Å². The second kappa shape index (κ2) is 9.14. The maximum absolute atomic E-state index is 11.4. The number of methoxy groups -OCH3 is 1. The number of esters is 1. The first-order chi connectivity index (χ1) is 13.0. The van der Waals surface area contributed by atoms with Gasteiger partial charge in [-0.15, -0.1) is 0 Å². The maximum atomic E-state index is 11.4. The fourth-order valence-corrected chi connectivity index (χ4v) is 2.94. The minimum absolute atomic E-state index is 0. The lowest BCUT2D eigenvalue weighted by Gasteiger charge is -2.00. The highest BCUT2D eigenvalue weighted by Crippen LogP contribution is 2.15. The summed E-state index contributed by atoms with van der Waals surface area (Å²) >= 11 is 3.31. The minimum Gasteiger partial charge on any atom is -0.465 e. The monoisotopic (exact) mass is 442 g/mol. The number of carbonyl (C=O) groups excluding carboxylic acids is 1. The van der Waals surface area contributed by atoms with Crippen molar-refractivity contribution in [2.24, 2.45) is 0 Å². The van der Waals surface area contributed by atoms with Gasteiger partial charge in [0, 0.05) is 27.6 Å². The van der Waals surface area contributed by atoms with Crippen LogP contribution in [0.3, 0.4) is 0 Å². The summed E-state index contributed by atoms with van der Waals surface area (Å²) in [7, 11) is 1.31. The van der Waals surface area contributed by atoms with E-state index in [9.17, 15) is 14.4 Å². The predicted molar refractivity (Wildman–Crippen MR) is 115 cm³/mol. The summed E-state index contributed by atoms with van der Waals surface area (Å²) < 4.78 is 5.50. The van der Waals surface area contributed by atoms with Crippen LogP contribution in [0.15, 0.2) is 75.0 Å². The number of pyridine rings is 2. The van der Waals surface area contributed by atoms with Gasteiger partial charge in [0.1, 0.15) is 0 Å². The van der Waals surface area contributed by atoms with Gasteiger partial charge in [0.25, 0.3) is 11.1 Å². The molecule has 28 heavy (non-hydrogen) atoms. The van der Waals surface area contributed by atoms with E-state index in [0.29, 0.717) is 16.3 Å². The van der Waals surface area contributed by atoms with E-state index in [2.05, 4.69) is 30.6 Å². The van der Waals surface area contributed by atoms with Crippen molar-refractivity contribution in [3.05, 3.63) is 91.7 Å². The number of carbonyl (C=O) groups is 1. The fraction of sp³-hybridized carbons (Fsp3) is 0.0952. The Morgan fingerprint density at radius 3 is 1.96 bits per heavy atom. The zero-order valence-corrected chi connectivity index (χ0v) is 15.9. The molecule has 0 fully saturated rings. The van der Waals surface area contributed by atoms with Crippen molar-refractivity contribution in [3.63, 3.8) is 0 Å². The molecule has 0 aliphatic heterocycles. The van der Waals surface area contributed by atoms with E-state index in [1.165, 1.54) is 13.2 Å². The summed E-state index contributed by atoms with van der Waals surface area (Å²) in [5, 5.41) is 2.96. The maximum Gasteiger partial charge on any atom is 0.337 e. The van der Waals surface area contributed by atoms with Gasteiger partial charge in [0.2, 0.25) is 0 Å². The van der Waals surface area contributed by atoms with Gasteiger partial charge in [-0.3, -0.25) is 9.59 Å². The van der Waals surface area contributed by atoms with Crippen molar-refractivity contribution in [1.82, 2.24) is 9.97 Å². The van der Waals surface area contributed by atoms with Gasteiger partial charge < -0.3 is 14.7 Å². The molecule has 7 heteroatoms. The van der Waals surface area contributed by atoms with Gasteiger partial charge >= 0.3 is 5.97 Å². The summed E-state index contributed by atoms with van der Waals surface area (Å²) in [5.74, 6) is -0.444. The summed E-state index contributed by atoms with van der Waals surface area (Å²) in [6.07, 6.45) is 3.22. The molecule has 2 aromatic carbocycles. The Morgan fingerprint density at radius 1 is 0.857 bits per heavy atom. The number of ether oxygens (including phenoxy) is 1. The van der Waals surface area contributed by atoms with Crippen LogP contribution in [0, 0.1) is 0 Å². The molecule has 0 unspecified atom stereocenters. The van der Waals surface area contributed by atoms with E-state index in [4.69, 9.17) is 0 Å². The lowest BCUT2D eigenvalue weighted by molar-refractivity contribution is 0.0601. The van der Waals surface area contributed by atoms with Gasteiger partial charge in [-0.1, -0.05) is 35.5 Å². The van der Waals surface area contributed by atoms with Crippen LogP contribution in [0.4, 0.5) is 0 Å². The summed E-state index contributed by atoms with van der Waals surface area (Å²) in [6, 6.07) is 14.2. The fourth-order valence-electron chi connectivity index (χ4n) is 2.58. The average molecular weight is 443 g/mol. The predicted octanol–water partition coefficient (Wildman–Crippen LogP) is 4.24. The Bertz CT molecular complexity index is 1240. The molecular weight excluding hydrogens is 424 g/mol. The molecule has 2 aromatic heterocycles. The molecule has 0 saturated carbocycles. The highest BCUT2D eigenvalue weighted by Gasteiger charge is 2.06. The van der Waals surface area contributed by atoms with E-state index < -0.39 is 5.97 Å². The van der Waals surface area contributed by atoms with E-state index in [-0.39, 0.29) is 18.5 Å². The minimum atomic E-state index is -0.444. The van der Waals surface area contributed by atoms with Crippen molar-refractivity contribution < 1.29 is 9.53 Å². The molecule has 0 radical (unpaired) electrons. The first-order valence-electron chi connectivity index (χ1n) is 7.96. The average Bonchev–Trinajstić information content (AvgIpc) is 2.69. The molecule has 6 nitrogen and oxygen atoms in total. The third-order valence-corrected chi connectivity index (χ3v) is 4.43. The van der Waals surface area contributed by atoms with Crippen molar-refractivity contribution in [2.75, 3.05) is 7.11 Å². The van der Waals surface area contributed by atoms with Crippen LogP contribution in [0.2, 0.25) is 0 Å². The molecule has 2 heterocycles. The number of hydrogen-bond donors (Lipinski definition) is 2. The third-order valence-electron chi connectivity index (χ3n) is 3.93. The Balaban J connectivity index is 0.000000198. The number of rotatable bonds is 1. The second-order valence-electron chi connectivity index (χ2n) is 5.64. The van der Waals surface area contributed by atoms with E-state index >= 15 is 0 Å². The standard InChI is InChI=1S/C11H9NO3.C9H6BrNO.CH4/c1-15-11(14)8-3-2-7-4-5-12-10(13)9(7)6-8;10-7-2-1-6-3-4-11-9(12)8(6)5-7;/h2-6H,1H3,(H,12,13);1-5H,(H,11,12);1H4. The highest BCUT2D eigenvalue weighted by atomic mass is 79.9. The lowest BCUT2D eigenvalue weighted by Crippen LogP contribution is -2.07. The number of halogens is 1. The highest BCUT2D eigenvalue weighted by molar-refractivity contribution is 9.10. The van der Waals surface area contributed by atoms with Crippen molar-refractivity contribution in [1.29, 1.82) is 0 Å². The van der Waals surface area contributed by atoms with Crippen LogP contribution in [-0.2, 0) is 4.74 Å². The number of aromatic nitrogens is 2. The second-order valence-corrected chi connectivity index (χ2v) is 6.55. The number of hydrogen-bond acceptors (Lipinski definition) is 4. The molecule has 0 bridgehead atoms. The van der Waals surface area contributed by atoms with Crippen LogP contribution in [0.1, 0.15) is 17.8 Å². The first-order valence-corrected chi connectivity index (χ1v) is 8.75. The van der Waals surface area contributed by atoms with Gasteiger partial charge in [-0.05, 0) is 47.2 Å². The quantitative estimate of drug-likeness (QED) is 0.431. The molecule has 0 amide bonds. The van der Waals surface area contributed by atoms with Gasteiger partial charge in [-0.25, -0.2) is 4.79 Å². The SMILES string of the molecule is C.COC(=O)c1ccc2cc[nH]c(=O)c2c1.O=c1[nH]ccc2ccc(Br)cc12. The third kappa shape index (κ3) is 4.55. The summed E-state index contributed by atoms with van der Waals surface area (Å²) in [5.41, 5.74) is 0.119. The molecule has 0 atom stereocenters.